The molecular formula is C26H23BrN2O5. The smallest absolute Gasteiger partial charge is 0.340 e. The summed E-state index contributed by atoms with van der Waals surface area (Å²) in [6.45, 7) is 2.05. The van der Waals surface area contributed by atoms with Crippen molar-refractivity contribution < 1.29 is 24.1 Å². The Bertz CT molecular complexity index is 1310. The summed E-state index contributed by atoms with van der Waals surface area (Å²) in [5.74, 6) is 0.0529. The Hall–Kier alpha value is -3.52. The van der Waals surface area contributed by atoms with Gasteiger partial charge in [-0.15, -0.1) is 0 Å². The predicted molar refractivity (Wildman–Crippen MR) is 131 cm³/mol. The number of carbonyl (C=O) groups is 1. The SMILES string of the molecule is COc1ccc([C@@H]2Oc3ccc(Br)cc3[C@H]3CC(c4ccc(C)cc4)=NN32)c(C(=O)O)c1OC. The van der Waals surface area contributed by atoms with Crippen LogP contribution in [0.5, 0.6) is 17.2 Å². The van der Waals surface area contributed by atoms with Gasteiger partial charge in [0, 0.05) is 22.0 Å². The number of carboxylic acids is 1. The lowest BCUT2D eigenvalue weighted by atomic mass is 9.94. The number of aromatic carboxylic acids is 1. The molecular weight excluding hydrogens is 500 g/mol. The first-order valence-corrected chi connectivity index (χ1v) is 11.6. The molecule has 0 aromatic heterocycles. The van der Waals surface area contributed by atoms with Crippen LogP contribution in [0.2, 0.25) is 0 Å². The van der Waals surface area contributed by atoms with Crippen LogP contribution in [0.4, 0.5) is 0 Å². The highest BCUT2D eigenvalue weighted by Crippen LogP contribution is 2.50. The first-order valence-electron chi connectivity index (χ1n) is 10.8. The second kappa shape index (κ2) is 8.68. The fourth-order valence-corrected chi connectivity index (χ4v) is 4.93. The predicted octanol–water partition coefficient (Wildman–Crippen LogP) is 5.72. The van der Waals surface area contributed by atoms with Gasteiger partial charge in [0.05, 0.1) is 26.0 Å². The molecule has 0 fully saturated rings. The number of hydrogen-bond acceptors (Lipinski definition) is 6. The molecule has 1 N–H and O–H groups in total. The maximum absolute atomic E-state index is 12.4. The van der Waals surface area contributed by atoms with Crippen LogP contribution in [0.3, 0.4) is 0 Å². The quantitative estimate of drug-likeness (QED) is 0.461. The number of fused-ring (bicyclic) bond motifs is 3. The molecule has 2 atom stereocenters. The van der Waals surface area contributed by atoms with Crippen molar-refractivity contribution in [3.8, 4) is 17.2 Å². The van der Waals surface area contributed by atoms with Gasteiger partial charge in [0.25, 0.3) is 0 Å². The summed E-state index contributed by atoms with van der Waals surface area (Å²) in [5, 5.41) is 16.9. The summed E-state index contributed by atoms with van der Waals surface area (Å²) in [6, 6.07) is 17.4. The minimum atomic E-state index is -1.13. The van der Waals surface area contributed by atoms with Crippen molar-refractivity contribution in [3.05, 3.63) is 86.9 Å². The molecule has 3 aromatic rings. The van der Waals surface area contributed by atoms with Crippen LogP contribution in [-0.2, 0) is 0 Å². The van der Waals surface area contributed by atoms with Crippen LogP contribution in [-0.4, -0.2) is 36.0 Å². The van der Waals surface area contributed by atoms with Crippen LogP contribution < -0.4 is 14.2 Å². The lowest BCUT2D eigenvalue weighted by Crippen LogP contribution is -2.34. The van der Waals surface area contributed by atoms with Gasteiger partial charge in [-0.05, 0) is 42.8 Å². The van der Waals surface area contributed by atoms with E-state index in [0.29, 0.717) is 23.5 Å². The van der Waals surface area contributed by atoms with Gasteiger partial charge in [-0.25, -0.2) is 9.80 Å². The van der Waals surface area contributed by atoms with Crippen molar-refractivity contribution in [2.45, 2.75) is 25.6 Å². The molecule has 0 amide bonds. The van der Waals surface area contributed by atoms with Gasteiger partial charge in [0.2, 0.25) is 6.23 Å². The number of hydrogen-bond donors (Lipinski definition) is 1. The van der Waals surface area contributed by atoms with Crippen LogP contribution in [0.25, 0.3) is 0 Å². The van der Waals surface area contributed by atoms with E-state index in [1.807, 2.05) is 30.1 Å². The van der Waals surface area contributed by atoms with Crippen molar-refractivity contribution in [3.63, 3.8) is 0 Å². The van der Waals surface area contributed by atoms with E-state index in [2.05, 4.69) is 40.2 Å². The van der Waals surface area contributed by atoms with Crippen molar-refractivity contribution >= 4 is 27.6 Å². The standard InChI is InChI=1S/C26H23BrN2O5/c1-14-4-6-15(7-5-14)19-13-20-18-12-16(27)8-10-21(18)34-25(29(20)28-19)17-9-11-22(32-2)24(33-3)23(17)26(30)31/h4-12,20,25H,13H2,1-3H3,(H,30,31)/t20-,25+/m1/s1. The number of hydrazone groups is 1. The fourth-order valence-electron chi connectivity index (χ4n) is 4.55. The van der Waals surface area contributed by atoms with Crippen molar-refractivity contribution in [1.29, 1.82) is 0 Å². The first-order chi connectivity index (χ1) is 16.4. The van der Waals surface area contributed by atoms with Crippen LogP contribution in [0.15, 0.2) is 64.2 Å². The number of halogens is 1. The lowest BCUT2D eigenvalue weighted by molar-refractivity contribution is -0.0199. The molecule has 0 saturated heterocycles. The monoisotopic (exact) mass is 522 g/mol. The summed E-state index contributed by atoms with van der Waals surface area (Å²) >= 11 is 3.56. The van der Waals surface area contributed by atoms with Gasteiger partial charge in [0.15, 0.2) is 11.5 Å². The molecule has 174 valence electrons. The van der Waals surface area contributed by atoms with Gasteiger partial charge in [-0.2, -0.15) is 5.10 Å². The van der Waals surface area contributed by atoms with Crippen molar-refractivity contribution in [2.24, 2.45) is 5.10 Å². The number of carboxylic acid groups (broad SMARTS) is 1. The second-order valence-electron chi connectivity index (χ2n) is 8.24. The van der Waals surface area contributed by atoms with E-state index in [-0.39, 0.29) is 17.4 Å². The molecule has 0 aliphatic carbocycles. The van der Waals surface area contributed by atoms with Gasteiger partial charge < -0.3 is 19.3 Å². The topological polar surface area (TPSA) is 80.6 Å². The van der Waals surface area contributed by atoms with Gasteiger partial charge in [-0.3, -0.25) is 0 Å². The summed E-state index contributed by atoms with van der Waals surface area (Å²) in [6.07, 6.45) is -0.0882. The van der Waals surface area contributed by atoms with E-state index in [9.17, 15) is 9.90 Å². The highest BCUT2D eigenvalue weighted by Gasteiger charge is 2.43. The molecule has 5 rings (SSSR count). The Kier molecular flexibility index (Phi) is 5.69. The number of ether oxygens (including phenoxy) is 3. The fraction of sp³-hybridized carbons (Fsp3) is 0.231. The molecule has 2 heterocycles. The summed E-state index contributed by atoms with van der Waals surface area (Å²) < 4.78 is 18.1. The minimum Gasteiger partial charge on any atom is -0.493 e. The van der Waals surface area contributed by atoms with E-state index in [1.165, 1.54) is 19.8 Å². The van der Waals surface area contributed by atoms with Gasteiger partial charge in [0.1, 0.15) is 11.3 Å². The summed E-state index contributed by atoms with van der Waals surface area (Å²) in [5.41, 5.74) is 4.55. The number of rotatable bonds is 5. The van der Waals surface area contributed by atoms with Gasteiger partial charge >= 0.3 is 5.97 Å². The van der Waals surface area contributed by atoms with Crippen molar-refractivity contribution in [1.82, 2.24) is 5.01 Å². The minimum absolute atomic E-state index is 0.00912. The molecule has 2 aliphatic rings. The number of aryl methyl sites for hydroxylation is 1. The molecule has 0 saturated carbocycles. The zero-order chi connectivity index (χ0) is 24.0. The number of methoxy groups -OCH3 is 2. The Labute approximate surface area is 205 Å². The largest absolute Gasteiger partial charge is 0.493 e. The lowest BCUT2D eigenvalue weighted by Gasteiger charge is -2.38. The molecule has 34 heavy (non-hydrogen) atoms. The Morgan fingerprint density at radius 3 is 2.53 bits per heavy atom. The Morgan fingerprint density at radius 1 is 1.09 bits per heavy atom. The molecule has 0 bridgehead atoms. The second-order valence-corrected chi connectivity index (χ2v) is 9.15. The zero-order valence-electron chi connectivity index (χ0n) is 18.9. The Morgan fingerprint density at radius 2 is 1.85 bits per heavy atom. The van der Waals surface area contributed by atoms with E-state index < -0.39 is 12.2 Å². The highest BCUT2D eigenvalue weighted by atomic mass is 79.9. The average Bonchev–Trinajstić information content (AvgIpc) is 3.29. The first kappa shape index (κ1) is 22.3. The average molecular weight is 523 g/mol. The van der Waals surface area contributed by atoms with E-state index in [1.54, 1.807) is 12.1 Å². The third kappa shape index (κ3) is 3.68. The van der Waals surface area contributed by atoms with E-state index in [4.69, 9.17) is 19.3 Å². The zero-order valence-corrected chi connectivity index (χ0v) is 20.5. The molecule has 0 radical (unpaired) electrons. The summed E-state index contributed by atoms with van der Waals surface area (Å²) in [4.78, 5) is 12.4. The summed E-state index contributed by atoms with van der Waals surface area (Å²) in [7, 11) is 2.90. The normalized spacial score (nSPS) is 18.5. The molecule has 3 aromatic carbocycles. The van der Waals surface area contributed by atoms with Crippen LogP contribution in [0.1, 0.15) is 51.3 Å². The molecule has 0 unspecified atom stereocenters. The third-order valence-electron chi connectivity index (χ3n) is 6.19. The maximum Gasteiger partial charge on any atom is 0.340 e. The number of benzene rings is 3. The number of nitrogens with zero attached hydrogens (tertiary/aromatic N) is 2. The molecule has 7 nitrogen and oxygen atoms in total. The van der Waals surface area contributed by atoms with E-state index in [0.717, 1.165) is 21.3 Å². The third-order valence-corrected chi connectivity index (χ3v) is 6.69. The molecule has 2 aliphatic heterocycles. The maximum atomic E-state index is 12.4. The van der Waals surface area contributed by atoms with Crippen molar-refractivity contribution in [2.75, 3.05) is 14.2 Å². The van der Waals surface area contributed by atoms with Crippen LogP contribution >= 0.6 is 15.9 Å². The van der Waals surface area contributed by atoms with Crippen LogP contribution in [0, 0.1) is 6.92 Å². The van der Waals surface area contributed by atoms with Gasteiger partial charge in [-0.1, -0.05) is 45.8 Å². The molecule has 8 heteroatoms. The molecule has 0 spiro atoms. The Balaban J connectivity index is 1.67. The highest BCUT2D eigenvalue weighted by molar-refractivity contribution is 9.10. The van der Waals surface area contributed by atoms with E-state index >= 15 is 0 Å².